The van der Waals surface area contributed by atoms with Crippen molar-refractivity contribution in [2.75, 3.05) is 20.3 Å². The number of amides is 1. The molecule has 180 valence electrons. The molecule has 0 aliphatic heterocycles. The molecular weight excluding hydrogens is 464 g/mol. The van der Waals surface area contributed by atoms with E-state index in [1.807, 2.05) is 77.5 Å². The van der Waals surface area contributed by atoms with Crippen molar-refractivity contribution in [2.45, 2.75) is 19.0 Å². The molecule has 6 nitrogen and oxygen atoms in total. The molecule has 0 saturated carbocycles. The molecule has 1 aromatic heterocycles. The van der Waals surface area contributed by atoms with Gasteiger partial charge >= 0.3 is 6.09 Å². The van der Waals surface area contributed by atoms with Crippen molar-refractivity contribution < 1.29 is 19.1 Å². The molecule has 0 bridgehead atoms. The number of ether oxygens (including phenoxy) is 2. The molecule has 0 spiro atoms. The van der Waals surface area contributed by atoms with E-state index in [0.717, 1.165) is 16.5 Å². The van der Waals surface area contributed by atoms with E-state index in [4.69, 9.17) is 21.1 Å². The molecule has 1 heterocycles. The van der Waals surface area contributed by atoms with Gasteiger partial charge < -0.3 is 19.4 Å². The van der Waals surface area contributed by atoms with Crippen LogP contribution in [0.1, 0.15) is 27.5 Å². The van der Waals surface area contributed by atoms with E-state index in [2.05, 4.69) is 5.32 Å². The molecule has 0 aliphatic carbocycles. The van der Waals surface area contributed by atoms with Crippen LogP contribution < -0.4 is 5.32 Å². The molecule has 4 rings (SSSR count). The summed E-state index contributed by atoms with van der Waals surface area (Å²) in [7, 11) is 1.64. The highest BCUT2D eigenvalue weighted by atomic mass is 35.5. The van der Waals surface area contributed by atoms with Crippen LogP contribution >= 0.6 is 11.6 Å². The smallest absolute Gasteiger partial charge is 0.408 e. The van der Waals surface area contributed by atoms with Crippen molar-refractivity contribution in [2.24, 2.45) is 0 Å². The molecule has 0 saturated heterocycles. The lowest BCUT2D eigenvalue weighted by Gasteiger charge is -2.18. The average Bonchev–Trinajstić information content (AvgIpc) is 3.26. The van der Waals surface area contributed by atoms with Crippen molar-refractivity contribution in [3.63, 3.8) is 0 Å². The van der Waals surface area contributed by atoms with E-state index in [1.54, 1.807) is 19.2 Å². The Morgan fingerprint density at radius 3 is 2.40 bits per heavy atom. The van der Waals surface area contributed by atoms with E-state index in [-0.39, 0.29) is 12.4 Å². The van der Waals surface area contributed by atoms with Crippen molar-refractivity contribution >= 4 is 34.4 Å². The number of hydrogen-bond acceptors (Lipinski definition) is 4. The molecular formula is C28H27ClN2O4. The van der Waals surface area contributed by atoms with Gasteiger partial charge in [-0.2, -0.15) is 0 Å². The highest BCUT2D eigenvalue weighted by molar-refractivity contribution is 6.30. The van der Waals surface area contributed by atoms with Crippen LogP contribution in [0.25, 0.3) is 10.9 Å². The second-order valence-corrected chi connectivity index (χ2v) is 8.55. The Labute approximate surface area is 209 Å². The standard InChI is InChI=1S/C28H27ClN2O4/c1-34-18-16-31-19-24(23-9-5-6-10-25(23)31)27(32)26(21-7-3-2-4-8-21)30-28(33)35-17-15-20-11-13-22(29)14-12-20/h2-14,19,26H,15-18H2,1H3,(H,30,33). The van der Waals surface area contributed by atoms with E-state index in [1.165, 1.54) is 0 Å². The van der Waals surface area contributed by atoms with Crippen molar-refractivity contribution in [1.29, 1.82) is 0 Å². The average molecular weight is 491 g/mol. The fraction of sp³-hybridized carbons (Fsp3) is 0.214. The van der Waals surface area contributed by atoms with Gasteiger partial charge in [-0.05, 0) is 29.3 Å². The summed E-state index contributed by atoms with van der Waals surface area (Å²) in [6, 6.07) is 23.4. The third kappa shape index (κ3) is 6.10. The van der Waals surface area contributed by atoms with Gasteiger partial charge in [0.15, 0.2) is 5.78 Å². The summed E-state index contributed by atoms with van der Waals surface area (Å²) in [6.45, 7) is 1.31. The predicted octanol–water partition coefficient (Wildman–Crippen LogP) is 5.83. The van der Waals surface area contributed by atoms with Crippen molar-refractivity contribution in [3.05, 3.63) is 107 Å². The van der Waals surface area contributed by atoms with Crippen LogP contribution in [0.2, 0.25) is 5.02 Å². The maximum absolute atomic E-state index is 13.8. The summed E-state index contributed by atoms with van der Waals surface area (Å²) >= 11 is 5.92. The van der Waals surface area contributed by atoms with Gasteiger partial charge in [0.25, 0.3) is 0 Å². The molecule has 1 N–H and O–H groups in total. The van der Waals surface area contributed by atoms with Gasteiger partial charge in [-0.3, -0.25) is 4.79 Å². The Morgan fingerprint density at radius 1 is 0.943 bits per heavy atom. The number of carbonyl (C=O) groups is 2. The number of Topliss-reactive ketones (excluding diaryl/α,β-unsaturated/α-hetero) is 1. The molecule has 0 fully saturated rings. The highest BCUT2D eigenvalue weighted by Gasteiger charge is 2.27. The summed E-state index contributed by atoms with van der Waals surface area (Å²) in [4.78, 5) is 26.5. The first kappa shape index (κ1) is 24.5. The number of alkyl carbamates (subject to hydrolysis) is 1. The number of nitrogens with one attached hydrogen (secondary N) is 1. The van der Waals surface area contributed by atoms with Crippen LogP contribution in [0.5, 0.6) is 0 Å². The Bertz CT molecular complexity index is 1290. The Morgan fingerprint density at radius 2 is 1.66 bits per heavy atom. The van der Waals surface area contributed by atoms with Crippen molar-refractivity contribution in [3.8, 4) is 0 Å². The second-order valence-electron chi connectivity index (χ2n) is 8.11. The molecule has 0 radical (unpaired) electrons. The third-order valence-corrected chi connectivity index (χ3v) is 6.04. The van der Waals surface area contributed by atoms with Crippen LogP contribution in [0.15, 0.2) is 85.1 Å². The number of methoxy groups -OCH3 is 1. The lowest BCUT2D eigenvalue weighted by Crippen LogP contribution is -2.34. The number of halogens is 1. The first-order valence-corrected chi connectivity index (χ1v) is 11.8. The lowest BCUT2D eigenvalue weighted by molar-refractivity contribution is 0.0923. The van der Waals surface area contributed by atoms with Crippen LogP contribution in [0, 0.1) is 0 Å². The van der Waals surface area contributed by atoms with Crippen molar-refractivity contribution in [1.82, 2.24) is 9.88 Å². The van der Waals surface area contributed by atoms with Crippen LogP contribution in [0.3, 0.4) is 0 Å². The highest BCUT2D eigenvalue weighted by Crippen LogP contribution is 2.27. The number of nitrogens with zero attached hydrogens (tertiary/aromatic N) is 1. The maximum atomic E-state index is 13.8. The summed E-state index contributed by atoms with van der Waals surface area (Å²) in [6.07, 6.45) is 1.72. The fourth-order valence-electron chi connectivity index (χ4n) is 3.99. The first-order valence-electron chi connectivity index (χ1n) is 11.4. The largest absolute Gasteiger partial charge is 0.449 e. The summed E-state index contributed by atoms with van der Waals surface area (Å²) in [5, 5.41) is 4.26. The minimum Gasteiger partial charge on any atom is -0.449 e. The molecule has 1 atom stereocenters. The Hall–Kier alpha value is -3.61. The molecule has 35 heavy (non-hydrogen) atoms. The zero-order chi connectivity index (χ0) is 24.6. The SMILES string of the molecule is COCCn1cc(C(=O)C(NC(=O)OCCc2ccc(Cl)cc2)c2ccccc2)c2ccccc21. The zero-order valence-corrected chi connectivity index (χ0v) is 20.2. The van der Waals surface area contributed by atoms with Crippen LogP contribution in [-0.2, 0) is 22.4 Å². The van der Waals surface area contributed by atoms with Crippen LogP contribution in [-0.4, -0.2) is 36.8 Å². The van der Waals surface area contributed by atoms with Gasteiger partial charge in [0.1, 0.15) is 6.04 Å². The van der Waals surface area contributed by atoms with Crippen LogP contribution in [0.4, 0.5) is 4.79 Å². The molecule has 1 unspecified atom stereocenters. The topological polar surface area (TPSA) is 69.6 Å². The summed E-state index contributed by atoms with van der Waals surface area (Å²) in [5.41, 5.74) is 3.15. The first-order chi connectivity index (χ1) is 17.1. The third-order valence-electron chi connectivity index (χ3n) is 5.78. The molecule has 3 aromatic carbocycles. The molecule has 0 aliphatic rings. The maximum Gasteiger partial charge on any atom is 0.408 e. The number of aromatic nitrogens is 1. The minimum atomic E-state index is -0.888. The van der Waals surface area contributed by atoms with E-state index < -0.39 is 12.1 Å². The predicted molar refractivity (Wildman–Crippen MR) is 137 cm³/mol. The van der Waals surface area contributed by atoms with Gasteiger partial charge in [0, 0.05) is 47.8 Å². The normalized spacial score (nSPS) is 11.8. The number of ketones is 1. The number of fused-ring (bicyclic) bond motifs is 1. The summed E-state index contributed by atoms with van der Waals surface area (Å²) < 4.78 is 12.6. The van der Waals surface area contributed by atoms with E-state index >= 15 is 0 Å². The number of benzene rings is 3. The number of para-hydroxylation sites is 1. The zero-order valence-electron chi connectivity index (χ0n) is 19.4. The Kier molecular flexibility index (Phi) is 8.19. The minimum absolute atomic E-state index is 0.180. The second kappa shape index (κ2) is 11.7. The van der Waals surface area contributed by atoms with Gasteiger partial charge in [-0.25, -0.2) is 4.79 Å². The number of rotatable bonds is 10. The number of carbonyl (C=O) groups excluding carboxylic acids is 2. The van der Waals surface area contributed by atoms with Gasteiger partial charge in [-0.15, -0.1) is 0 Å². The Balaban J connectivity index is 1.54. The molecule has 4 aromatic rings. The quantitative estimate of drug-likeness (QED) is 0.284. The monoisotopic (exact) mass is 490 g/mol. The molecule has 1 amide bonds. The molecule has 7 heteroatoms. The fourth-order valence-corrected chi connectivity index (χ4v) is 4.12. The van der Waals surface area contributed by atoms with E-state index in [0.29, 0.717) is 35.7 Å². The van der Waals surface area contributed by atoms with Gasteiger partial charge in [-0.1, -0.05) is 72.3 Å². The number of hydrogen-bond donors (Lipinski definition) is 1. The van der Waals surface area contributed by atoms with Gasteiger partial charge in [0.2, 0.25) is 0 Å². The van der Waals surface area contributed by atoms with Gasteiger partial charge in [0.05, 0.1) is 13.2 Å². The summed E-state index contributed by atoms with van der Waals surface area (Å²) in [5.74, 6) is -0.210. The lowest BCUT2D eigenvalue weighted by atomic mass is 9.97. The van der Waals surface area contributed by atoms with E-state index in [9.17, 15) is 9.59 Å².